The normalized spacial score (nSPS) is 16.4. The third kappa shape index (κ3) is 6.90. The number of ether oxygens (including phenoxy) is 2. The van der Waals surface area contributed by atoms with E-state index in [4.69, 9.17) is 9.47 Å². The van der Waals surface area contributed by atoms with Crippen LogP contribution in [0.4, 0.5) is 5.69 Å². The second-order valence-corrected chi connectivity index (χ2v) is 11.6. The van der Waals surface area contributed by atoms with E-state index < -0.39 is 15.9 Å². The molecule has 1 saturated heterocycles. The number of hydrogen-bond donors (Lipinski definition) is 1. The molecule has 2 aromatic carbocycles. The molecule has 0 radical (unpaired) electrons. The van der Waals surface area contributed by atoms with Crippen LogP contribution < -0.4 is 15.0 Å². The molecular weight excluding hydrogens is 508 g/mol. The van der Waals surface area contributed by atoms with E-state index in [1.165, 1.54) is 33.0 Å². The number of carbonyl (C=O) groups excluding carboxylic acids is 2. The Morgan fingerprint density at radius 1 is 1.11 bits per heavy atom. The first kappa shape index (κ1) is 28.0. The van der Waals surface area contributed by atoms with E-state index in [9.17, 15) is 18.0 Å². The van der Waals surface area contributed by atoms with Gasteiger partial charge in [-0.05, 0) is 44.0 Å². The van der Waals surface area contributed by atoms with Crippen LogP contribution in [-0.4, -0.2) is 88.0 Å². The number of amides is 2. The van der Waals surface area contributed by atoms with Crippen molar-refractivity contribution in [2.45, 2.75) is 37.8 Å². The third-order valence-corrected chi connectivity index (χ3v) is 8.58. The molecular formula is C27H36N4O6S. The average molecular weight is 545 g/mol. The van der Waals surface area contributed by atoms with Crippen molar-refractivity contribution in [1.29, 1.82) is 0 Å². The molecule has 0 spiro atoms. The van der Waals surface area contributed by atoms with E-state index in [1.807, 2.05) is 18.2 Å². The standard InChI is InChI=1S/C27H36N4O6S/c1-21(2)29(18-22-7-4-3-5-8-22)12-6-11-28-26(32)19-31-24-17-23(9-10-25(24)37-20-27(31)33)38(34,35)30-13-15-36-16-14-30/h3-5,7-10,17,21H,6,11-16,18-20H2,1-2H3,(H,28,32). The second-order valence-electron chi connectivity index (χ2n) is 9.67. The Kier molecular flexibility index (Phi) is 9.37. The first-order valence-electron chi connectivity index (χ1n) is 13.0. The molecule has 11 heteroatoms. The summed E-state index contributed by atoms with van der Waals surface area (Å²) in [5, 5.41) is 2.90. The van der Waals surface area contributed by atoms with Gasteiger partial charge in [0.1, 0.15) is 12.3 Å². The summed E-state index contributed by atoms with van der Waals surface area (Å²) < 4.78 is 38.4. The van der Waals surface area contributed by atoms with Gasteiger partial charge in [0.2, 0.25) is 15.9 Å². The highest BCUT2D eigenvalue weighted by molar-refractivity contribution is 7.89. The fraction of sp³-hybridized carbons (Fsp3) is 0.481. The summed E-state index contributed by atoms with van der Waals surface area (Å²) >= 11 is 0. The molecule has 10 nitrogen and oxygen atoms in total. The molecule has 2 amide bonds. The van der Waals surface area contributed by atoms with E-state index in [-0.39, 0.29) is 42.7 Å². The fourth-order valence-electron chi connectivity index (χ4n) is 4.50. The number of carbonyl (C=O) groups is 2. The fourth-order valence-corrected chi connectivity index (χ4v) is 5.93. The topological polar surface area (TPSA) is 108 Å². The quantitative estimate of drug-likeness (QED) is 0.430. The number of anilines is 1. The highest BCUT2D eigenvalue weighted by atomic mass is 32.2. The van der Waals surface area contributed by atoms with Gasteiger partial charge in [0.25, 0.3) is 5.91 Å². The van der Waals surface area contributed by atoms with Crippen molar-refractivity contribution in [2.24, 2.45) is 0 Å². The van der Waals surface area contributed by atoms with Crippen LogP contribution in [0, 0.1) is 0 Å². The van der Waals surface area contributed by atoms with Gasteiger partial charge in [-0.1, -0.05) is 30.3 Å². The van der Waals surface area contributed by atoms with Crippen molar-refractivity contribution in [3.05, 3.63) is 54.1 Å². The summed E-state index contributed by atoms with van der Waals surface area (Å²) in [6.07, 6.45) is 0.756. The number of fused-ring (bicyclic) bond motifs is 1. The Morgan fingerprint density at radius 3 is 2.55 bits per heavy atom. The zero-order valence-corrected chi connectivity index (χ0v) is 22.8. The average Bonchev–Trinajstić information content (AvgIpc) is 2.92. The Bertz CT molecular complexity index is 1220. The third-order valence-electron chi connectivity index (χ3n) is 6.69. The van der Waals surface area contributed by atoms with Crippen molar-refractivity contribution < 1.29 is 27.5 Å². The second kappa shape index (κ2) is 12.7. The van der Waals surface area contributed by atoms with Crippen LogP contribution in [0.5, 0.6) is 5.75 Å². The molecule has 0 aromatic heterocycles. The largest absolute Gasteiger partial charge is 0.482 e. The molecule has 2 aliphatic rings. The molecule has 2 aliphatic heterocycles. The maximum Gasteiger partial charge on any atom is 0.265 e. The van der Waals surface area contributed by atoms with E-state index in [0.29, 0.717) is 31.5 Å². The summed E-state index contributed by atoms with van der Waals surface area (Å²) in [5.41, 5.74) is 1.52. The highest BCUT2D eigenvalue weighted by Crippen LogP contribution is 2.35. The first-order chi connectivity index (χ1) is 18.3. The summed E-state index contributed by atoms with van der Waals surface area (Å²) in [4.78, 5) is 29.1. The molecule has 0 saturated carbocycles. The van der Waals surface area contributed by atoms with Crippen LogP contribution in [0.2, 0.25) is 0 Å². The molecule has 1 fully saturated rings. The predicted octanol–water partition coefficient (Wildman–Crippen LogP) is 1.85. The molecule has 4 rings (SSSR count). The van der Waals surface area contributed by atoms with Gasteiger partial charge >= 0.3 is 0 Å². The van der Waals surface area contributed by atoms with Crippen molar-refractivity contribution in [3.8, 4) is 5.75 Å². The number of morpholine rings is 1. The number of hydrogen-bond acceptors (Lipinski definition) is 7. The van der Waals surface area contributed by atoms with Crippen LogP contribution in [0.3, 0.4) is 0 Å². The lowest BCUT2D eigenvalue weighted by atomic mass is 10.2. The Hall–Kier alpha value is -2.99. The number of sulfonamides is 1. The summed E-state index contributed by atoms with van der Waals surface area (Å²) in [7, 11) is -3.77. The minimum atomic E-state index is -3.77. The summed E-state index contributed by atoms with van der Waals surface area (Å²) in [5.74, 6) is -0.346. The van der Waals surface area contributed by atoms with Crippen LogP contribution in [-0.2, 0) is 30.9 Å². The van der Waals surface area contributed by atoms with Crippen LogP contribution in [0.1, 0.15) is 25.8 Å². The van der Waals surface area contributed by atoms with Gasteiger partial charge in [0, 0.05) is 38.8 Å². The molecule has 38 heavy (non-hydrogen) atoms. The van der Waals surface area contributed by atoms with Crippen LogP contribution in [0.15, 0.2) is 53.4 Å². The smallest absolute Gasteiger partial charge is 0.265 e. The molecule has 206 valence electrons. The summed E-state index contributed by atoms with van der Waals surface area (Å²) in [6.45, 7) is 7.18. The van der Waals surface area contributed by atoms with E-state index >= 15 is 0 Å². The number of nitrogens with one attached hydrogen (secondary N) is 1. The molecule has 2 heterocycles. The van der Waals surface area contributed by atoms with E-state index in [1.54, 1.807) is 0 Å². The lowest BCUT2D eigenvalue weighted by Crippen LogP contribution is -2.45. The molecule has 0 atom stereocenters. The molecule has 2 aromatic rings. The number of benzene rings is 2. The van der Waals surface area contributed by atoms with Crippen LogP contribution >= 0.6 is 0 Å². The lowest BCUT2D eigenvalue weighted by molar-refractivity contribution is -0.125. The van der Waals surface area contributed by atoms with E-state index in [2.05, 4.69) is 36.2 Å². The van der Waals surface area contributed by atoms with Crippen LogP contribution in [0.25, 0.3) is 0 Å². The maximum atomic E-state index is 13.1. The van der Waals surface area contributed by atoms with Gasteiger partial charge < -0.3 is 14.8 Å². The minimum Gasteiger partial charge on any atom is -0.482 e. The predicted molar refractivity (Wildman–Crippen MR) is 143 cm³/mol. The van der Waals surface area contributed by atoms with Crippen molar-refractivity contribution in [1.82, 2.24) is 14.5 Å². The van der Waals surface area contributed by atoms with Gasteiger partial charge in [0.05, 0.1) is 23.8 Å². The Labute approximate surface area is 224 Å². The van der Waals surface area contributed by atoms with Gasteiger partial charge in [-0.25, -0.2) is 8.42 Å². The van der Waals surface area contributed by atoms with Gasteiger partial charge in [-0.3, -0.25) is 19.4 Å². The molecule has 1 N–H and O–H groups in total. The Morgan fingerprint density at radius 2 is 1.84 bits per heavy atom. The SMILES string of the molecule is CC(C)N(CCCNC(=O)CN1C(=O)COc2ccc(S(=O)(=O)N3CCOCC3)cc21)Cc1ccccc1. The van der Waals surface area contributed by atoms with Gasteiger partial charge in [0.15, 0.2) is 6.61 Å². The van der Waals surface area contributed by atoms with Gasteiger partial charge in [-0.15, -0.1) is 0 Å². The van der Waals surface area contributed by atoms with Gasteiger partial charge in [-0.2, -0.15) is 4.31 Å². The number of nitrogens with zero attached hydrogens (tertiary/aromatic N) is 3. The number of rotatable bonds is 11. The summed E-state index contributed by atoms with van der Waals surface area (Å²) in [6, 6.07) is 15.0. The first-order valence-corrected chi connectivity index (χ1v) is 14.4. The zero-order valence-electron chi connectivity index (χ0n) is 22.0. The van der Waals surface area contributed by atoms with Crippen molar-refractivity contribution >= 4 is 27.5 Å². The highest BCUT2D eigenvalue weighted by Gasteiger charge is 2.32. The lowest BCUT2D eigenvalue weighted by Gasteiger charge is -2.30. The monoisotopic (exact) mass is 544 g/mol. The maximum absolute atomic E-state index is 13.1. The molecule has 0 unspecified atom stereocenters. The minimum absolute atomic E-state index is 0.0500. The molecule has 0 bridgehead atoms. The molecule has 0 aliphatic carbocycles. The zero-order chi connectivity index (χ0) is 27.1. The Balaban J connectivity index is 1.35. The van der Waals surface area contributed by atoms with E-state index in [0.717, 1.165) is 19.5 Å². The van der Waals surface area contributed by atoms with Crippen molar-refractivity contribution in [2.75, 3.05) is 57.4 Å². The van der Waals surface area contributed by atoms with Crippen molar-refractivity contribution in [3.63, 3.8) is 0 Å².